The molecule has 0 saturated heterocycles. The van der Waals surface area contributed by atoms with Crippen LogP contribution in [0, 0.1) is 5.92 Å². The van der Waals surface area contributed by atoms with Crippen LogP contribution < -0.4 is 5.73 Å². The molecule has 1 aliphatic rings. The largest absolute Gasteiger partial charge is 0.416 e. The van der Waals surface area contributed by atoms with E-state index in [2.05, 4.69) is 0 Å². The molecule has 1 aliphatic carbocycles. The molecule has 1 aromatic rings. The van der Waals surface area contributed by atoms with Gasteiger partial charge in [0.2, 0.25) is 5.91 Å². The van der Waals surface area contributed by atoms with Crippen LogP contribution in [-0.2, 0) is 12.6 Å². The van der Waals surface area contributed by atoms with E-state index in [0.717, 1.165) is 25.0 Å². The molecule has 0 bridgehead atoms. The minimum Gasteiger partial charge on any atom is -0.366 e. The normalized spacial score (nSPS) is 15.9. The molecule has 1 aromatic carbocycles. The number of nitrogens with two attached hydrogens (primary N) is 1. The number of carbonyl (C=O) groups excluding carboxylic acids is 1. The number of primary amides is 1. The molecular formula is C12H12F3NO. The number of rotatable bonds is 3. The minimum atomic E-state index is -4.44. The molecule has 0 unspecified atom stereocenters. The number of halogens is 3. The summed E-state index contributed by atoms with van der Waals surface area (Å²) in [5.74, 6) is -0.309. The minimum absolute atomic E-state index is 0.00766. The highest BCUT2D eigenvalue weighted by atomic mass is 19.4. The van der Waals surface area contributed by atoms with E-state index in [1.54, 1.807) is 0 Å². The second-order valence-electron chi connectivity index (χ2n) is 4.38. The van der Waals surface area contributed by atoms with Gasteiger partial charge in [-0.05, 0) is 42.9 Å². The number of benzene rings is 1. The topological polar surface area (TPSA) is 43.1 Å². The van der Waals surface area contributed by atoms with Crippen LogP contribution in [0.25, 0.3) is 0 Å². The van der Waals surface area contributed by atoms with Gasteiger partial charge in [0.15, 0.2) is 0 Å². The number of carbonyl (C=O) groups is 1. The summed E-state index contributed by atoms with van der Waals surface area (Å²) < 4.78 is 37.5. The molecule has 0 heterocycles. The van der Waals surface area contributed by atoms with Crippen LogP contribution in [0.5, 0.6) is 0 Å². The van der Waals surface area contributed by atoms with E-state index < -0.39 is 17.6 Å². The molecule has 0 atom stereocenters. The molecule has 1 amide bonds. The standard InChI is InChI=1S/C12H12F3NO/c13-12(14,15)9-4-3-8(5-7-1-2-7)10(6-9)11(16)17/h3-4,6-7H,1-2,5H2,(H2,16,17). The summed E-state index contributed by atoms with van der Waals surface area (Å²) in [4.78, 5) is 11.2. The van der Waals surface area contributed by atoms with E-state index in [4.69, 9.17) is 5.73 Å². The molecule has 5 heteroatoms. The Hall–Kier alpha value is -1.52. The Labute approximate surface area is 96.6 Å². The number of hydrogen-bond donors (Lipinski definition) is 1. The highest BCUT2D eigenvalue weighted by Gasteiger charge is 2.32. The average Bonchev–Trinajstić information content (AvgIpc) is 3.00. The van der Waals surface area contributed by atoms with Crippen molar-refractivity contribution in [3.63, 3.8) is 0 Å². The van der Waals surface area contributed by atoms with Crippen molar-refractivity contribution < 1.29 is 18.0 Å². The third-order valence-electron chi connectivity index (χ3n) is 2.91. The molecule has 0 radical (unpaired) electrons. The van der Waals surface area contributed by atoms with Crippen LogP contribution >= 0.6 is 0 Å². The first-order valence-corrected chi connectivity index (χ1v) is 5.38. The van der Waals surface area contributed by atoms with Crippen molar-refractivity contribution in [3.05, 3.63) is 34.9 Å². The SMILES string of the molecule is NC(=O)c1cc(C(F)(F)F)ccc1CC1CC1. The summed E-state index contributed by atoms with van der Waals surface area (Å²) in [6.07, 6.45) is -1.67. The van der Waals surface area contributed by atoms with Crippen LogP contribution in [0.3, 0.4) is 0 Å². The first kappa shape index (κ1) is 12.0. The van der Waals surface area contributed by atoms with E-state index in [0.29, 0.717) is 17.9 Å². The summed E-state index contributed by atoms with van der Waals surface area (Å²) in [6.45, 7) is 0. The molecular weight excluding hydrogens is 231 g/mol. The highest BCUT2D eigenvalue weighted by Crippen LogP contribution is 2.35. The van der Waals surface area contributed by atoms with Gasteiger partial charge in [-0.2, -0.15) is 13.2 Å². The number of alkyl halides is 3. The first-order valence-electron chi connectivity index (χ1n) is 5.38. The van der Waals surface area contributed by atoms with Crippen molar-refractivity contribution >= 4 is 5.91 Å². The maximum absolute atomic E-state index is 12.5. The third kappa shape index (κ3) is 2.78. The first-order chi connectivity index (χ1) is 7.88. The van der Waals surface area contributed by atoms with E-state index in [1.807, 2.05) is 0 Å². The summed E-state index contributed by atoms with van der Waals surface area (Å²) >= 11 is 0. The molecule has 2 N–H and O–H groups in total. The van der Waals surface area contributed by atoms with Crippen molar-refractivity contribution in [1.82, 2.24) is 0 Å². The van der Waals surface area contributed by atoms with E-state index in [1.165, 1.54) is 6.07 Å². The van der Waals surface area contributed by atoms with Crippen LogP contribution in [0.15, 0.2) is 18.2 Å². The van der Waals surface area contributed by atoms with Gasteiger partial charge < -0.3 is 5.73 Å². The fourth-order valence-corrected chi connectivity index (χ4v) is 1.79. The van der Waals surface area contributed by atoms with Crippen molar-refractivity contribution in [3.8, 4) is 0 Å². The second-order valence-corrected chi connectivity index (χ2v) is 4.38. The van der Waals surface area contributed by atoms with E-state index in [-0.39, 0.29) is 5.56 Å². The molecule has 2 rings (SSSR count). The van der Waals surface area contributed by atoms with Crippen LogP contribution in [-0.4, -0.2) is 5.91 Å². The van der Waals surface area contributed by atoms with Gasteiger partial charge in [0.05, 0.1) is 5.56 Å². The van der Waals surface area contributed by atoms with Crippen molar-refractivity contribution in [2.24, 2.45) is 11.7 Å². The average molecular weight is 243 g/mol. The van der Waals surface area contributed by atoms with Gasteiger partial charge in [0.1, 0.15) is 0 Å². The Bertz CT molecular complexity index is 450. The Morgan fingerprint density at radius 1 is 1.35 bits per heavy atom. The Balaban J connectivity index is 2.36. The van der Waals surface area contributed by atoms with Crippen LogP contribution in [0.1, 0.15) is 34.3 Å². The maximum atomic E-state index is 12.5. The van der Waals surface area contributed by atoms with Crippen LogP contribution in [0.2, 0.25) is 0 Å². The summed E-state index contributed by atoms with van der Waals surface area (Å²) in [5, 5.41) is 0. The zero-order valence-electron chi connectivity index (χ0n) is 9.05. The lowest BCUT2D eigenvalue weighted by Gasteiger charge is -2.11. The molecule has 2 nitrogen and oxygen atoms in total. The molecule has 1 saturated carbocycles. The van der Waals surface area contributed by atoms with Gasteiger partial charge >= 0.3 is 6.18 Å². The molecule has 92 valence electrons. The molecule has 1 fully saturated rings. The van der Waals surface area contributed by atoms with Crippen LogP contribution in [0.4, 0.5) is 13.2 Å². The van der Waals surface area contributed by atoms with Gasteiger partial charge in [-0.15, -0.1) is 0 Å². The number of hydrogen-bond acceptors (Lipinski definition) is 1. The lowest BCUT2D eigenvalue weighted by molar-refractivity contribution is -0.137. The predicted octanol–water partition coefficient (Wildman–Crippen LogP) is 2.76. The quantitative estimate of drug-likeness (QED) is 0.871. The lowest BCUT2D eigenvalue weighted by Crippen LogP contribution is -2.16. The van der Waals surface area contributed by atoms with Gasteiger partial charge in [0, 0.05) is 5.56 Å². The van der Waals surface area contributed by atoms with Crippen molar-refractivity contribution in [2.45, 2.75) is 25.4 Å². The maximum Gasteiger partial charge on any atom is 0.416 e. The molecule has 0 aliphatic heterocycles. The fourth-order valence-electron chi connectivity index (χ4n) is 1.79. The Kier molecular flexibility index (Phi) is 2.85. The van der Waals surface area contributed by atoms with E-state index in [9.17, 15) is 18.0 Å². The highest BCUT2D eigenvalue weighted by molar-refractivity contribution is 5.94. The molecule has 17 heavy (non-hydrogen) atoms. The zero-order chi connectivity index (χ0) is 12.6. The Morgan fingerprint density at radius 2 is 2.00 bits per heavy atom. The smallest absolute Gasteiger partial charge is 0.366 e. The van der Waals surface area contributed by atoms with E-state index >= 15 is 0 Å². The summed E-state index contributed by atoms with van der Waals surface area (Å²) in [5.41, 5.74) is 4.90. The third-order valence-corrected chi connectivity index (χ3v) is 2.91. The van der Waals surface area contributed by atoms with Crippen molar-refractivity contribution in [1.29, 1.82) is 0 Å². The monoisotopic (exact) mass is 243 g/mol. The van der Waals surface area contributed by atoms with Gasteiger partial charge in [-0.1, -0.05) is 6.07 Å². The van der Waals surface area contributed by atoms with Gasteiger partial charge in [-0.3, -0.25) is 4.79 Å². The van der Waals surface area contributed by atoms with Crippen molar-refractivity contribution in [2.75, 3.05) is 0 Å². The second kappa shape index (κ2) is 4.05. The Morgan fingerprint density at radius 3 is 2.47 bits per heavy atom. The summed E-state index contributed by atoms with van der Waals surface area (Å²) in [6, 6.07) is 3.21. The van der Waals surface area contributed by atoms with Gasteiger partial charge in [0.25, 0.3) is 0 Å². The summed E-state index contributed by atoms with van der Waals surface area (Å²) in [7, 11) is 0. The number of amides is 1. The van der Waals surface area contributed by atoms with Gasteiger partial charge in [-0.25, -0.2) is 0 Å². The predicted molar refractivity (Wildman–Crippen MR) is 56.4 cm³/mol. The fraction of sp³-hybridized carbons (Fsp3) is 0.417. The zero-order valence-corrected chi connectivity index (χ0v) is 9.05. The molecule has 0 aromatic heterocycles. The lowest BCUT2D eigenvalue weighted by atomic mass is 9.99. The molecule has 0 spiro atoms.